The summed E-state index contributed by atoms with van der Waals surface area (Å²) in [4.78, 5) is 1.82. The van der Waals surface area contributed by atoms with Crippen LogP contribution < -0.4 is 0 Å². The van der Waals surface area contributed by atoms with Crippen LogP contribution in [0.1, 0.15) is 0 Å². The lowest BCUT2D eigenvalue weighted by molar-refractivity contribution is 1.27. The summed E-state index contributed by atoms with van der Waals surface area (Å²) in [6.45, 7) is 0. The van der Waals surface area contributed by atoms with Crippen molar-refractivity contribution in [3.05, 3.63) is 48.5 Å². The normalized spacial score (nSPS) is 10.1. The average Bonchev–Trinajstić information content (AvgIpc) is 2.23. The van der Waals surface area contributed by atoms with Crippen LogP contribution in [0.25, 0.3) is 11.1 Å². The highest BCUT2D eigenvalue weighted by Gasteiger charge is 1.99. The van der Waals surface area contributed by atoms with Gasteiger partial charge in [0.25, 0.3) is 0 Å². The Morgan fingerprint density at radius 2 is 1.36 bits per heavy atom. The third-order valence-corrected chi connectivity index (χ3v) is 3.02. The molecule has 0 bridgehead atoms. The van der Waals surface area contributed by atoms with Gasteiger partial charge in [0.2, 0.25) is 0 Å². The minimum absolute atomic E-state index is 0.910. The van der Waals surface area contributed by atoms with Gasteiger partial charge in [0.15, 0.2) is 0 Å². The summed E-state index contributed by atoms with van der Waals surface area (Å²) in [7, 11) is 0. The van der Waals surface area contributed by atoms with E-state index in [0.717, 1.165) is 9.79 Å². The van der Waals surface area contributed by atoms with Crippen molar-refractivity contribution in [2.45, 2.75) is 9.79 Å². The molecule has 0 radical (unpaired) electrons. The molecular weight excluding hydrogens is 208 g/mol. The Morgan fingerprint density at radius 3 is 2.00 bits per heavy atom. The SMILES string of the molecule is Sc1ccc(-c2ccccc2)cc1S. The summed E-state index contributed by atoms with van der Waals surface area (Å²) in [6.07, 6.45) is 0. The Labute approximate surface area is 94.8 Å². The van der Waals surface area contributed by atoms with Crippen molar-refractivity contribution in [1.82, 2.24) is 0 Å². The first-order valence-electron chi connectivity index (χ1n) is 4.35. The highest BCUT2D eigenvalue weighted by molar-refractivity contribution is 7.83. The average molecular weight is 218 g/mol. The predicted molar refractivity (Wildman–Crippen MR) is 66.4 cm³/mol. The van der Waals surface area contributed by atoms with Crippen LogP contribution in [0.4, 0.5) is 0 Å². The monoisotopic (exact) mass is 218 g/mol. The van der Waals surface area contributed by atoms with Gasteiger partial charge in [-0.15, -0.1) is 25.3 Å². The van der Waals surface area contributed by atoms with Crippen molar-refractivity contribution in [2.24, 2.45) is 0 Å². The zero-order valence-corrected chi connectivity index (χ0v) is 9.30. The maximum Gasteiger partial charge on any atom is 0.0180 e. The molecule has 0 aromatic heterocycles. The molecule has 0 aliphatic carbocycles. The molecule has 2 heteroatoms. The molecular formula is C12H10S2. The molecule has 0 atom stereocenters. The molecule has 0 nitrogen and oxygen atoms in total. The first-order chi connectivity index (χ1) is 6.77. The molecule has 0 N–H and O–H groups in total. The van der Waals surface area contributed by atoms with Gasteiger partial charge in [-0.1, -0.05) is 36.4 Å². The van der Waals surface area contributed by atoms with E-state index in [-0.39, 0.29) is 0 Å². The van der Waals surface area contributed by atoms with Gasteiger partial charge in [-0.05, 0) is 23.3 Å². The van der Waals surface area contributed by atoms with Gasteiger partial charge in [-0.2, -0.15) is 0 Å². The maximum atomic E-state index is 4.34. The second kappa shape index (κ2) is 4.11. The van der Waals surface area contributed by atoms with Crippen LogP contribution >= 0.6 is 25.3 Å². The van der Waals surface area contributed by atoms with E-state index in [4.69, 9.17) is 0 Å². The van der Waals surface area contributed by atoms with Crippen molar-refractivity contribution < 1.29 is 0 Å². The summed E-state index contributed by atoms with van der Waals surface area (Å²) in [5, 5.41) is 0. The fraction of sp³-hybridized carbons (Fsp3) is 0. The standard InChI is InChI=1S/C12H10S2/c13-11-7-6-10(8-12(11)14)9-4-2-1-3-5-9/h1-8,13-14H. The van der Waals surface area contributed by atoms with Crippen LogP contribution in [0, 0.1) is 0 Å². The molecule has 0 aliphatic heterocycles. The molecule has 0 fully saturated rings. The van der Waals surface area contributed by atoms with Gasteiger partial charge in [0.05, 0.1) is 0 Å². The van der Waals surface area contributed by atoms with Gasteiger partial charge < -0.3 is 0 Å². The smallest absolute Gasteiger partial charge is 0.0180 e. The van der Waals surface area contributed by atoms with Crippen LogP contribution in [-0.2, 0) is 0 Å². The molecule has 0 amide bonds. The number of hydrogen-bond donors (Lipinski definition) is 2. The first kappa shape index (κ1) is 9.69. The molecule has 14 heavy (non-hydrogen) atoms. The number of hydrogen-bond acceptors (Lipinski definition) is 2. The second-order valence-electron chi connectivity index (χ2n) is 3.07. The van der Waals surface area contributed by atoms with Crippen LogP contribution in [0.3, 0.4) is 0 Å². The molecule has 0 unspecified atom stereocenters. The third kappa shape index (κ3) is 1.97. The molecule has 2 aromatic carbocycles. The van der Waals surface area contributed by atoms with Gasteiger partial charge in [-0.3, -0.25) is 0 Å². The van der Waals surface area contributed by atoms with E-state index in [1.54, 1.807) is 0 Å². The molecule has 70 valence electrons. The van der Waals surface area contributed by atoms with Crippen molar-refractivity contribution >= 4 is 25.3 Å². The first-order valence-corrected chi connectivity index (χ1v) is 5.24. The second-order valence-corrected chi connectivity index (χ2v) is 4.03. The van der Waals surface area contributed by atoms with Gasteiger partial charge >= 0.3 is 0 Å². The van der Waals surface area contributed by atoms with Crippen molar-refractivity contribution in [1.29, 1.82) is 0 Å². The zero-order chi connectivity index (χ0) is 9.97. The fourth-order valence-corrected chi connectivity index (χ4v) is 1.69. The largest absolute Gasteiger partial charge is 0.142 e. The van der Waals surface area contributed by atoms with Crippen LogP contribution in [0.2, 0.25) is 0 Å². The number of thiol groups is 2. The lowest BCUT2D eigenvalue weighted by atomic mass is 10.1. The summed E-state index contributed by atoms with van der Waals surface area (Å²) in [5.74, 6) is 0. The Kier molecular flexibility index (Phi) is 2.85. The van der Waals surface area contributed by atoms with Gasteiger partial charge in [0, 0.05) is 9.79 Å². The Balaban J connectivity index is 2.48. The van der Waals surface area contributed by atoms with E-state index >= 15 is 0 Å². The highest BCUT2D eigenvalue weighted by Crippen LogP contribution is 2.25. The lowest BCUT2D eigenvalue weighted by Crippen LogP contribution is -1.78. The van der Waals surface area contributed by atoms with E-state index in [9.17, 15) is 0 Å². The summed E-state index contributed by atoms with van der Waals surface area (Å²) >= 11 is 8.62. The maximum absolute atomic E-state index is 4.34. The van der Waals surface area contributed by atoms with Crippen LogP contribution in [0.5, 0.6) is 0 Å². The molecule has 0 spiro atoms. The quantitative estimate of drug-likeness (QED) is 0.666. The highest BCUT2D eigenvalue weighted by atomic mass is 32.1. The summed E-state index contributed by atoms with van der Waals surface area (Å²) in [6, 6.07) is 16.3. The minimum atomic E-state index is 0.910. The number of rotatable bonds is 1. The fourth-order valence-electron chi connectivity index (χ4n) is 1.33. The topological polar surface area (TPSA) is 0 Å². The Bertz CT molecular complexity index is 435. The molecule has 0 heterocycles. The summed E-state index contributed by atoms with van der Waals surface area (Å²) < 4.78 is 0. The van der Waals surface area contributed by atoms with Gasteiger partial charge in [-0.25, -0.2) is 0 Å². The molecule has 0 saturated carbocycles. The minimum Gasteiger partial charge on any atom is -0.142 e. The van der Waals surface area contributed by atoms with Crippen LogP contribution in [0.15, 0.2) is 58.3 Å². The van der Waals surface area contributed by atoms with E-state index in [1.807, 2.05) is 30.3 Å². The lowest BCUT2D eigenvalue weighted by Gasteiger charge is -2.03. The van der Waals surface area contributed by atoms with E-state index in [0.29, 0.717) is 0 Å². The third-order valence-electron chi connectivity index (χ3n) is 2.08. The Hall–Kier alpha value is -0.860. The number of benzene rings is 2. The van der Waals surface area contributed by atoms with E-state index < -0.39 is 0 Å². The summed E-state index contributed by atoms with van der Waals surface area (Å²) in [5.41, 5.74) is 2.38. The van der Waals surface area contributed by atoms with Crippen molar-refractivity contribution in [3.63, 3.8) is 0 Å². The molecule has 2 rings (SSSR count). The van der Waals surface area contributed by atoms with E-state index in [2.05, 4.69) is 43.5 Å². The zero-order valence-electron chi connectivity index (χ0n) is 7.51. The predicted octanol–water partition coefficient (Wildman–Crippen LogP) is 3.93. The molecule has 0 saturated heterocycles. The molecule has 2 aromatic rings. The molecule has 0 aliphatic rings. The van der Waals surface area contributed by atoms with Crippen molar-refractivity contribution in [3.8, 4) is 11.1 Å². The van der Waals surface area contributed by atoms with Crippen LogP contribution in [-0.4, -0.2) is 0 Å². The van der Waals surface area contributed by atoms with E-state index in [1.165, 1.54) is 11.1 Å². The van der Waals surface area contributed by atoms with Gasteiger partial charge in [0.1, 0.15) is 0 Å². The Morgan fingerprint density at radius 1 is 0.643 bits per heavy atom. The van der Waals surface area contributed by atoms with Crippen molar-refractivity contribution in [2.75, 3.05) is 0 Å².